The molecule has 1 rings (SSSR count). The lowest BCUT2D eigenvalue weighted by atomic mass is 9.92. The molecular formula is C9H5F13O. The fourth-order valence-corrected chi connectivity index (χ4v) is 1.40. The summed E-state index contributed by atoms with van der Waals surface area (Å²) in [4.78, 5) is 0. The van der Waals surface area contributed by atoms with Gasteiger partial charge in [-0.2, -0.15) is 57.1 Å². The van der Waals surface area contributed by atoms with Crippen LogP contribution in [0.2, 0.25) is 0 Å². The molecule has 1 nitrogen and oxygen atoms in total. The van der Waals surface area contributed by atoms with Crippen molar-refractivity contribution in [3.8, 4) is 0 Å². The summed E-state index contributed by atoms with van der Waals surface area (Å²) in [6, 6.07) is 0. The predicted molar refractivity (Wildman–Crippen MR) is 45.1 cm³/mol. The molecule has 0 spiro atoms. The molecular weight excluding hydrogens is 371 g/mol. The van der Waals surface area contributed by atoms with Crippen LogP contribution in [0.15, 0.2) is 0 Å². The molecule has 14 heteroatoms. The van der Waals surface area contributed by atoms with Gasteiger partial charge in [-0.25, -0.2) is 0 Å². The highest BCUT2D eigenvalue weighted by Crippen LogP contribution is 2.61. The standard InChI is InChI=1S/C9H5F13O/c10-4(11,1-3-2-23-3)5(12,13)6(14,15)7(16,17)8(18,19)9(20,21)22/h3H,1-2H2/t3-/m0/s1. The number of epoxide rings is 1. The molecule has 0 aromatic carbocycles. The number of rotatable bonds is 6. The van der Waals surface area contributed by atoms with Gasteiger partial charge in [0.15, 0.2) is 0 Å². The van der Waals surface area contributed by atoms with Crippen molar-refractivity contribution >= 4 is 0 Å². The second-order valence-electron chi connectivity index (χ2n) is 4.66. The first kappa shape index (κ1) is 20.1. The highest BCUT2D eigenvalue weighted by atomic mass is 19.4. The van der Waals surface area contributed by atoms with Gasteiger partial charge in [0, 0.05) is 6.42 Å². The zero-order valence-electron chi connectivity index (χ0n) is 10.3. The Labute approximate surface area is 118 Å². The summed E-state index contributed by atoms with van der Waals surface area (Å²) in [5.74, 6) is -36.5. The Bertz CT molecular complexity index is 447. The fraction of sp³-hybridized carbons (Fsp3) is 1.00. The van der Waals surface area contributed by atoms with E-state index in [0.29, 0.717) is 0 Å². The SMILES string of the molecule is FC(F)(F)C(F)(F)C(F)(F)C(F)(F)C(F)(F)C(F)(F)C[C@H]1CO1. The third-order valence-corrected chi connectivity index (χ3v) is 2.88. The van der Waals surface area contributed by atoms with E-state index in [1.807, 2.05) is 0 Å². The van der Waals surface area contributed by atoms with Gasteiger partial charge in [0.1, 0.15) is 0 Å². The second-order valence-corrected chi connectivity index (χ2v) is 4.66. The second kappa shape index (κ2) is 5.02. The van der Waals surface area contributed by atoms with E-state index in [0.717, 1.165) is 0 Å². The van der Waals surface area contributed by atoms with E-state index in [9.17, 15) is 57.1 Å². The molecule has 0 unspecified atom stereocenters. The Morgan fingerprint density at radius 3 is 1.26 bits per heavy atom. The quantitative estimate of drug-likeness (QED) is 0.491. The van der Waals surface area contributed by atoms with Crippen LogP contribution in [0, 0.1) is 0 Å². The maximum absolute atomic E-state index is 13.0. The van der Waals surface area contributed by atoms with Crippen LogP contribution >= 0.6 is 0 Å². The Kier molecular flexibility index (Phi) is 4.39. The molecule has 1 fully saturated rings. The smallest absolute Gasteiger partial charge is 0.373 e. The topological polar surface area (TPSA) is 12.5 Å². The van der Waals surface area contributed by atoms with Crippen LogP contribution in [0.25, 0.3) is 0 Å². The summed E-state index contributed by atoms with van der Waals surface area (Å²) in [5.41, 5.74) is 0. The van der Waals surface area contributed by atoms with E-state index in [4.69, 9.17) is 0 Å². The number of hydrogen-bond acceptors (Lipinski definition) is 1. The summed E-state index contributed by atoms with van der Waals surface area (Å²) >= 11 is 0. The molecule has 0 aliphatic carbocycles. The third kappa shape index (κ3) is 2.82. The zero-order valence-corrected chi connectivity index (χ0v) is 10.3. The van der Waals surface area contributed by atoms with Crippen LogP contribution < -0.4 is 0 Å². The van der Waals surface area contributed by atoms with Crippen molar-refractivity contribution in [2.45, 2.75) is 48.3 Å². The van der Waals surface area contributed by atoms with Crippen molar-refractivity contribution in [3.05, 3.63) is 0 Å². The first-order valence-electron chi connectivity index (χ1n) is 5.40. The van der Waals surface area contributed by atoms with Crippen LogP contribution in [0.4, 0.5) is 57.1 Å². The first-order chi connectivity index (χ1) is 9.83. The fourth-order valence-electron chi connectivity index (χ4n) is 1.40. The summed E-state index contributed by atoms with van der Waals surface area (Å²) in [6.45, 7) is -0.619. The van der Waals surface area contributed by atoms with Crippen molar-refractivity contribution in [3.63, 3.8) is 0 Å². The minimum atomic E-state index is -7.84. The average molecular weight is 376 g/mol. The van der Waals surface area contributed by atoms with Crippen LogP contribution in [0.1, 0.15) is 6.42 Å². The van der Waals surface area contributed by atoms with Gasteiger partial charge < -0.3 is 4.74 Å². The van der Waals surface area contributed by atoms with Crippen LogP contribution in [-0.4, -0.2) is 48.5 Å². The number of halogens is 13. The monoisotopic (exact) mass is 376 g/mol. The lowest BCUT2D eigenvalue weighted by Gasteiger charge is -2.39. The maximum atomic E-state index is 13.0. The summed E-state index contributed by atoms with van der Waals surface area (Å²) in [7, 11) is 0. The van der Waals surface area contributed by atoms with Gasteiger partial charge in [-0.3, -0.25) is 0 Å². The molecule has 0 saturated carbocycles. The highest BCUT2D eigenvalue weighted by Gasteiger charge is 2.90. The minimum Gasteiger partial charge on any atom is -0.373 e. The largest absolute Gasteiger partial charge is 0.460 e. The van der Waals surface area contributed by atoms with E-state index in [1.165, 1.54) is 0 Å². The number of alkyl halides is 13. The molecule has 0 aromatic rings. The summed E-state index contributed by atoms with van der Waals surface area (Å²) in [5, 5.41) is 0. The van der Waals surface area contributed by atoms with Gasteiger partial charge in [0.05, 0.1) is 12.7 Å². The number of ether oxygens (including phenoxy) is 1. The van der Waals surface area contributed by atoms with Gasteiger partial charge in [-0.05, 0) is 0 Å². The molecule has 1 aliphatic rings. The maximum Gasteiger partial charge on any atom is 0.460 e. The minimum absolute atomic E-state index is 0.619. The van der Waals surface area contributed by atoms with Gasteiger partial charge in [0.2, 0.25) is 0 Å². The van der Waals surface area contributed by atoms with E-state index in [-0.39, 0.29) is 0 Å². The van der Waals surface area contributed by atoms with Crippen LogP contribution in [0.3, 0.4) is 0 Å². The third-order valence-electron chi connectivity index (χ3n) is 2.88. The molecule has 1 atom stereocenters. The molecule has 138 valence electrons. The lowest BCUT2D eigenvalue weighted by Crippen LogP contribution is -2.70. The van der Waals surface area contributed by atoms with Crippen molar-refractivity contribution in [2.75, 3.05) is 6.61 Å². The molecule has 1 heterocycles. The van der Waals surface area contributed by atoms with E-state index < -0.39 is 54.9 Å². The first-order valence-corrected chi connectivity index (χ1v) is 5.40. The molecule has 1 saturated heterocycles. The number of hydrogen-bond donors (Lipinski definition) is 0. The molecule has 0 radical (unpaired) electrons. The molecule has 0 bridgehead atoms. The molecule has 23 heavy (non-hydrogen) atoms. The predicted octanol–water partition coefficient (Wildman–Crippen LogP) is 4.51. The average Bonchev–Trinajstić information content (AvgIpc) is 3.09. The van der Waals surface area contributed by atoms with Gasteiger partial charge in [-0.15, -0.1) is 0 Å². The van der Waals surface area contributed by atoms with Gasteiger partial charge >= 0.3 is 35.8 Å². The van der Waals surface area contributed by atoms with Crippen LogP contribution in [0.5, 0.6) is 0 Å². The van der Waals surface area contributed by atoms with Crippen LogP contribution in [-0.2, 0) is 4.74 Å². The van der Waals surface area contributed by atoms with Crippen molar-refractivity contribution in [1.82, 2.24) is 0 Å². The summed E-state index contributed by atoms with van der Waals surface area (Å²) < 4.78 is 168. The van der Waals surface area contributed by atoms with E-state index in [1.54, 1.807) is 0 Å². The lowest BCUT2D eigenvalue weighted by molar-refractivity contribution is -0.440. The van der Waals surface area contributed by atoms with Gasteiger partial charge in [0.25, 0.3) is 0 Å². The van der Waals surface area contributed by atoms with Gasteiger partial charge in [-0.1, -0.05) is 0 Å². The Morgan fingerprint density at radius 1 is 0.609 bits per heavy atom. The van der Waals surface area contributed by atoms with Crippen molar-refractivity contribution < 1.29 is 61.8 Å². The van der Waals surface area contributed by atoms with E-state index in [2.05, 4.69) is 4.74 Å². The zero-order chi connectivity index (χ0) is 18.7. The summed E-state index contributed by atoms with van der Waals surface area (Å²) in [6.07, 6.45) is -11.4. The molecule has 0 aromatic heterocycles. The highest BCUT2D eigenvalue weighted by molar-refractivity contribution is 5.10. The Morgan fingerprint density at radius 2 is 0.957 bits per heavy atom. The Hall–Kier alpha value is -0.950. The van der Waals surface area contributed by atoms with E-state index >= 15 is 0 Å². The normalized spacial score (nSPS) is 21.5. The molecule has 0 N–H and O–H groups in total. The molecule has 1 aliphatic heterocycles. The molecule has 0 amide bonds. The Balaban J connectivity index is 3.30. The van der Waals surface area contributed by atoms with Crippen molar-refractivity contribution in [2.24, 2.45) is 0 Å². The van der Waals surface area contributed by atoms with Crippen molar-refractivity contribution in [1.29, 1.82) is 0 Å².